The second-order valence-corrected chi connectivity index (χ2v) is 5.55. The van der Waals surface area contributed by atoms with Crippen LogP contribution in [0.1, 0.15) is 31.2 Å². The third kappa shape index (κ3) is 4.39. The summed E-state index contributed by atoms with van der Waals surface area (Å²) >= 11 is 0. The van der Waals surface area contributed by atoms with E-state index < -0.39 is 17.2 Å². The Morgan fingerprint density at radius 1 is 1.19 bits per heavy atom. The van der Waals surface area contributed by atoms with Gasteiger partial charge in [-0.25, -0.2) is 13.6 Å². The van der Waals surface area contributed by atoms with Gasteiger partial charge in [0.05, 0.1) is 12.1 Å². The van der Waals surface area contributed by atoms with Gasteiger partial charge in [-0.3, -0.25) is 0 Å². The lowest BCUT2D eigenvalue weighted by atomic mass is 9.99. The molecule has 0 aliphatic heterocycles. The summed E-state index contributed by atoms with van der Waals surface area (Å²) in [7, 11) is 0. The lowest BCUT2D eigenvalue weighted by molar-refractivity contribution is 0.163. The monoisotopic (exact) mass is 298 g/mol. The third-order valence-electron chi connectivity index (χ3n) is 3.86. The molecule has 0 spiro atoms. The van der Waals surface area contributed by atoms with Crippen molar-refractivity contribution < 1.29 is 18.7 Å². The van der Waals surface area contributed by atoms with E-state index in [1.807, 2.05) is 0 Å². The molecule has 0 atom stereocenters. The molecule has 0 aromatic heterocycles. The molecule has 0 bridgehead atoms. The van der Waals surface area contributed by atoms with Crippen LogP contribution in [0.2, 0.25) is 0 Å². The van der Waals surface area contributed by atoms with E-state index in [2.05, 4.69) is 10.6 Å². The molecule has 0 radical (unpaired) electrons. The minimum atomic E-state index is -0.625. The number of urea groups is 1. The lowest BCUT2D eigenvalue weighted by Crippen LogP contribution is -2.53. The van der Waals surface area contributed by atoms with E-state index >= 15 is 0 Å². The molecular formula is C15H20F2N2O2. The summed E-state index contributed by atoms with van der Waals surface area (Å²) < 4.78 is 26.0. The fourth-order valence-corrected chi connectivity index (χ4v) is 2.74. The first kappa shape index (κ1) is 15.7. The highest BCUT2D eigenvalue weighted by Crippen LogP contribution is 2.28. The van der Waals surface area contributed by atoms with Gasteiger partial charge in [-0.2, -0.15) is 0 Å². The molecule has 0 unspecified atom stereocenters. The van der Waals surface area contributed by atoms with Crippen LogP contribution in [0, 0.1) is 11.6 Å². The van der Waals surface area contributed by atoms with Gasteiger partial charge in [0, 0.05) is 12.6 Å². The summed E-state index contributed by atoms with van der Waals surface area (Å²) in [4.78, 5) is 11.8. The lowest BCUT2D eigenvalue weighted by Gasteiger charge is -2.27. The Balaban J connectivity index is 1.79. The molecule has 2 rings (SSSR count). The number of carbonyl (C=O) groups is 1. The van der Waals surface area contributed by atoms with Crippen LogP contribution in [-0.2, 0) is 6.42 Å². The highest BCUT2D eigenvalue weighted by Gasteiger charge is 2.34. The van der Waals surface area contributed by atoms with Crippen molar-refractivity contribution in [2.45, 2.75) is 37.6 Å². The van der Waals surface area contributed by atoms with Crippen molar-refractivity contribution in [2.75, 3.05) is 13.2 Å². The van der Waals surface area contributed by atoms with Crippen molar-refractivity contribution in [3.63, 3.8) is 0 Å². The van der Waals surface area contributed by atoms with Gasteiger partial charge in [0.2, 0.25) is 0 Å². The predicted octanol–water partition coefficient (Wildman–Crippen LogP) is 2.11. The Hall–Kier alpha value is -1.69. The van der Waals surface area contributed by atoms with E-state index in [-0.39, 0.29) is 19.2 Å². The predicted molar refractivity (Wildman–Crippen MR) is 74.9 cm³/mol. The molecule has 1 fully saturated rings. The number of rotatable bonds is 5. The number of halogens is 2. The summed E-state index contributed by atoms with van der Waals surface area (Å²) in [6.07, 6.45) is 3.86. The molecule has 1 aromatic rings. The number of benzene rings is 1. The highest BCUT2D eigenvalue weighted by molar-refractivity contribution is 5.74. The molecule has 6 heteroatoms. The topological polar surface area (TPSA) is 61.4 Å². The molecule has 21 heavy (non-hydrogen) atoms. The highest BCUT2D eigenvalue weighted by atomic mass is 19.1. The Morgan fingerprint density at radius 3 is 2.38 bits per heavy atom. The van der Waals surface area contributed by atoms with Crippen LogP contribution in [0.5, 0.6) is 0 Å². The molecule has 2 amide bonds. The van der Waals surface area contributed by atoms with Gasteiger partial charge >= 0.3 is 6.03 Å². The zero-order valence-corrected chi connectivity index (χ0v) is 11.8. The van der Waals surface area contributed by atoms with Gasteiger partial charge in [0.25, 0.3) is 0 Å². The molecule has 1 aliphatic carbocycles. The molecule has 3 N–H and O–H groups in total. The van der Waals surface area contributed by atoms with Crippen LogP contribution < -0.4 is 10.6 Å². The molecule has 1 aromatic carbocycles. The average molecular weight is 298 g/mol. The molecule has 0 heterocycles. The Bertz CT molecular complexity index is 482. The van der Waals surface area contributed by atoms with Gasteiger partial charge in [0.15, 0.2) is 0 Å². The van der Waals surface area contributed by atoms with E-state index in [9.17, 15) is 18.7 Å². The normalized spacial score (nSPS) is 16.7. The molecule has 1 saturated carbocycles. The Labute approximate surface area is 122 Å². The number of amides is 2. The van der Waals surface area contributed by atoms with Crippen LogP contribution in [0.25, 0.3) is 0 Å². The first-order chi connectivity index (χ1) is 10.0. The number of aliphatic hydroxyl groups is 1. The second-order valence-electron chi connectivity index (χ2n) is 5.55. The summed E-state index contributed by atoms with van der Waals surface area (Å²) in [5, 5.41) is 14.9. The van der Waals surface area contributed by atoms with Gasteiger partial charge in [-0.1, -0.05) is 12.8 Å². The molecular weight excluding hydrogens is 278 g/mol. The zero-order valence-electron chi connectivity index (χ0n) is 11.8. The molecule has 0 saturated heterocycles. The minimum Gasteiger partial charge on any atom is -0.394 e. The van der Waals surface area contributed by atoms with Gasteiger partial charge in [0.1, 0.15) is 11.6 Å². The third-order valence-corrected chi connectivity index (χ3v) is 3.86. The maximum absolute atomic E-state index is 13.0. The maximum atomic E-state index is 13.0. The van der Waals surface area contributed by atoms with Crippen molar-refractivity contribution in [2.24, 2.45) is 0 Å². The number of aliphatic hydroxyl groups excluding tert-OH is 1. The molecule has 1 aliphatic rings. The molecule has 116 valence electrons. The number of carbonyl (C=O) groups excluding carboxylic acids is 1. The van der Waals surface area contributed by atoms with E-state index in [4.69, 9.17) is 0 Å². The zero-order chi connectivity index (χ0) is 15.3. The first-order valence-electron chi connectivity index (χ1n) is 7.15. The first-order valence-corrected chi connectivity index (χ1v) is 7.15. The van der Waals surface area contributed by atoms with E-state index in [1.54, 1.807) is 0 Å². The van der Waals surface area contributed by atoms with Crippen molar-refractivity contribution >= 4 is 6.03 Å². The smallest absolute Gasteiger partial charge is 0.315 e. The van der Waals surface area contributed by atoms with E-state index in [0.717, 1.165) is 31.7 Å². The van der Waals surface area contributed by atoms with E-state index in [1.165, 1.54) is 12.1 Å². The van der Waals surface area contributed by atoms with Crippen LogP contribution >= 0.6 is 0 Å². The largest absolute Gasteiger partial charge is 0.394 e. The van der Waals surface area contributed by atoms with Gasteiger partial charge in [-0.15, -0.1) is 0 Å². The number of hydrogen-bond acceptors (Lipinski definition) is 2. The average Bonchev–Trinajstić information content (AvgIpc) is 2.86. The fraction of sp³-hybridized carbons (Fsp3) is 0.533. The maximum Gasteiger partial charge on any atom is 0.315 e. The van der Waals surface area contributed by atoms with Crippen LogP contribution in [0.4, 0.5) is 13.6 Å². The van der Waals surface area contributed by atoms with Gasteiger partial charge in [-0.05, 0) is 37.0 Å². The second kappa shape index (κ2) is 6.85. The number of nitrogens with one attached hydrogen (secondary N) is 2. The van der Waals surface area contributed by atoms with Crippen molar-refractivity contribution in [1.82, 2.24) is 10.6 Å². The standard InChI is InChI=1S/C15H20F2N2O2/c16-12-7-11(8-13(17)9-12)3-6-18-14(21)19-15(10-20)4-1-2-5-15/h7-9,20H,1-6,10H2,(H2,18,19,21). The fourth-order valence-electron chi connectivity index (χ4n) is 2.74. The van der Waals surface area contributed by atoms with Crippen molar-refractivity contribution in [3.05, 3.63) is 35.4 Å². The summed E-state index contributed by atoms with van der Waals surface area (Å²) in [5.74, 6) is -1.25. The van der Waals surface area contributed by atoms with Crippen molar-refractivity contribution in [1.29, 1.82) is 0 Å². The summed E-state index contributed by atoms with van der Waals surface area (Å²) in [5.41, 5.74) is -0.0276. The van der Waals surface area contributed by atoms with E-state index in [0.29, 0.717) is 12.0 Å². The van der Waals surface area contributed by atoms with Crippen LogP contribution in [0.15, 0.2) is 18.2 Å². The van der Waals surface area contributed by atoms with Crippen molar-refractivity contribution in [3.8, 4) is 0 Å². The number of hydrogen-bond donors (Lipinski definition) is 3. The SMILES string of the molecule is O=C(NCCc1cc(F)cc(F)c1)NC1(CO)CCCC1. The van der Waals surface area contributed by atoms with Crippen LogP contribution in [0.3, 0.4) is 0 Å². The minimum absolute atomic E-state index is 0.0739. The quantitative estimate of drug-likeness (QED) is 0.779. The summed E-state index contributed by atoms with van der Waals surface area (Å²) in [6, 6.07) is 2.95. The summed E-state index contributed by atoms with van der Waals surface area (Å²) in [6.45, 7) is 0.200. The van der Waals surface area contributed by atoms with Crippen LogP contribution in [-0.4, -0.2) is 29.8 Å². The Morgan fingerprint density at radius 2 is 1.81 bits per heavy atom. The van der Waals surface area contributed by atoms with Gasteiger partial charge < -0.3 is 15.7 Å². The molecule has 4 nitrogen and oxygen atoms in total. The Kier molecular flexibility index (Phi) is 5.12.